The second kappa shape index (κ2) is 7.43. The molecule has 0 aromatic carbocycles. The molecular weight excluding hydrogens is 254 g/mol. The third kappa shape index (κ3) is 5.31. The van der Waals surface area contributed by atoms with Crippen LogP contribution in [-0.2, 0) is 9.59 Å². The molecule has 3 N–H and O–H groups in total. The molecule has 0 bridgehead atoms. The van der Waals surface area contributed by atoms with Gasteiger partial charge in [-0.2, -0.15) is 0 Å². The predicted molar refractivity (Wildman–Crippen MR) is 63.1 cm³/mol. The predicted octanol–water partition coefficient (Wildman–Crippen LogP) is 0.259. The summed E-state index contributed by atoms with van der Waals surface area (Å²) in [7, 11) is 0. The SMILES string of the molecule is O=CNCC(=O)O.Oc1cncc(-c2ccno2)c1. The number of amides is 1. The van der Waals surface area contributed by atoms with Crippen LogP contribution in [0, 0.1) is 0 Å². The number of aromatic hydroxyl groups is 1. The first-order chi connectivity index (χ1) is 9.13. The van der Waals surface area contributed by atoms with Crippen molar-refractivity contribution < 1.29 is 24.3 Å². The van der Waals surface area contributed by atoms with Gasteiger partial charge in [0.05, 0.1) is 12.4 Å². The summed E-state index contributed by atoms with van der Waals surface area (Å²) in [6.07, 6.45) is 4.84. The van der Waals surface area contributed by atoms with Crippen molar-refractivity contribution in [1.29, 1.82) is 0 Å². The Morgan fingerprint density at radius 3 is 2.74 bits per heavy atom. The molecule has 8 heteroatoms. The van der Waals surface area contributed by atoms with Crippen LogP contribution in [-0.4, -0.2) is 39.3 Å². The number of aromatic nitrogens is 2. The Balaban J connectivity index is 0.000000224. The van der Waals surface area contributed by atoms with E-state index in [2.05, 4.69) is 10.1 Å². The topological polar surface area (TPSA) is 126 Å². The van der Waals surface area contributed by atoms with Crippen LogP contribution in [0.2, 0.25) is 0 Å². The van der Waals surface area contributed by atoms with E-state index in [4.69, 9.17) is 14.7 Å². The number of carbonyl (C=O) groups is 2. The van der Waals surface area contributed by atoms with E-state index in [1.165, 1.54) is 6.20 Å². The van der Waals surface area contributed by atoms with Gasteiger partial charge in [0, 0.05) is 17.8 Å². The lowest BCUT2D eigenvalue weighted by atomic mass is 10.2. The zero-order valence-electron chi connectivity index (χ0n) is 9.68. The van der Waals surface area contributed by atoms with Crippen molar-refractivity contribution in [1.82, 2.24) is 15.5 Å². The molecule has 0 radical (unpaired) electrons. The molecule has 0 spiro atoms. The third-order valence-corrected chi connectivity index (χ3v) is 1.78. The molecule has 100 valence electrons. The van der Waals surface area contributed by atoms with Crippen LogP contribution in [0.4, 0.5) is 0 Å². The lowest BCUT2D eigenvalue weighted by Gasteiger charge is -1.94. The quantitative estimate of drug-likeness (QED) is 0.677. The third-order valence-electron chi connectivity index (χ3n) is 1.78. The molecule has 0 saturated heterocycles. The van der Waals surface area contributed by atoms with Crippen LogP contribution < -0.4 is 5.32 Å². The summed E-state index contributed by atoms with van der Waals surface area (Å²) >= 11 is 0. The van der Waals surface area contributed by atoms with E-state index in [1.807, 2.05) is 5.32 Å². The van der Waals surface area contributed by atoms with Gasteiger partial charge in [0.15, 0.2) is 5.76 Å². The fourth-order valence-corrected chi connectivity index (χ4v) is 1.06. The maximum Gasteiger partial charge on any atom is 0.322 e. The molecule has 0 saturated carbocycles. The van der Waals surface area contributed by atoms with Crippen molar-refractivity contribution >= 4 is 12.4 Å². The first-order valence-electron chi connectivity index (χ1n) is 5.07. The van der Waals surface area contributed by atoms with E-state index in [0.717, 1.165) is 0 Å². The maximum absolute atomic E-state index is 9.54. The zero-order valence-corrected chi connectivity index (χ0v) is 9.68. The van der Waals surface area contributed by atoms with Crippen LogP contribution in [0.3, 0.4) is 0 Å². The van der Waals surface area contributed by atoms with Gasteiger partial charge >= 0.3 is 5.97 Å². The van der Waals surface area contributed by atoms with E-state index >= 15 is 0 Å². The van der Waals surface area contributed by atoms with Gasteiger partial charge < -0.3 is 20.1 Å². The number of aliphatic carboxylic acids is 1. The molecule has 2 aromatic rings. The highest BCUT2D eigenvalue weighted by atomic mass is 16.5. The molecule has 0 aliphatic rings. The van der Waals surface area contributed by atoms with Crippen LogP contribution in [0.15, 0.2) is 35.2 Å². The molecule has 2 rings (SSSR count). The second-order valence-electron chi connectivity index (χ2n) is 3.20. The van der Waals surface area contributed by atoms with E-state index in [-0.39, 0.29) is 12.3 Å². The standard InChI is InChI=1S/C8H6N2O2.C3H5NO3/c11-7-3-6(4-9-5-7)8-1-2-10-12-8;5-2-4-1-3(6)7/h1-5,11H;2H,1H2,(H,4,5)(H,6,7). The number of nitrogens with one attached hydrogen (secondary N) is 1. The molecular formula is C11H11N3O5. The smallest absolute Gasteiger partial charge is 0.322 e. The van der Waals surface area contributed by atoms with Crippen LogP contribution >= 0.6 is 0 Å². The van der Waals surface area contributed by atoms with Crippen LogP contribution in [0.1, 0.15) is 0 Å². The fourth-order valence-electron chi connectivity index (χ4n) is 1.06. The minimum atomic E-state index is -1.04. The zero-order chi connectivity index (χ0) is 14.1. The van der Waals surface area contributed by atoms with Gasteiger partial charge in [0.25, 0.3) is 0 Å². The number of nitrogens with zero attached hydrogens (tertiary/aromatic N) is 2. The van der Waals surface area contributed by atoms with Gasteiger partial charge in [-0.05, 0) is 6.07 Å². The summed E-state index contributed by atoms with van der Waals surface area (Å²) in [5.74, 6) is -0.325. The van der Waals surface area contributed by atoms with Gasteiger partial charge in [-0.1, -0.05) is 5.16 Å². The van der Waals surface area contributed by atoms with E-state index < -0.39 is 5.97 Å². The van der Waals surface area contributed by atoms with Gasteiger partial charge in [-0.15, -0.1) is 0 Å². The maximum atomic E-state index is 9.54. The Morgan fingerprint density at radius 1 is 1.47 bits per heavy atom. The number of carboxylic acids is 1. The summed E-state index contributed by atoms with van der Waals surface area (Å²) in [5.41, 5.74) is 0.715. The minimum absolute atomic E-state index is 0.115. The summed E-state index contributed by atoms with van der Waals surface area (Å²) in [4.78, 5) is 22.7. The molecule has 8 nitrogen and oxygen atoms in total. The number of pyridine rings is 1. The Morgan fingerprint density at radius 2 is 2.26 bits per heavy atom. The molecule has 0 aliphatic heterocycles. The van der Waals surface area contributed by atoms with E-state index in [9.17, 15) is 9.59 Å². The highest BCUT2D eigenvalue weighted by Gasteiger charge is 2.01. The Kier molecular flexibility index (Phi) is 5.54. The second-order valence-corrected chi connectivity index (χ2v) is 3.20. The number of hydrogen-bond donors (Lipinski definition) is 3. The Bertz CT molecular complexity index is 527. The van der Waals surface area contributed by atoms with Crippen molar-refractivity contribution in [3.8, 4) is 17.1 Å². The lowest BCUT2D eigenvalue weighted by Crippen LogP contribution is -2.20. The molecule has 2 heterocycles. The van der Waals surface area contributed by atoms with E-state index in [0.29, 0.717) is 17.7 Å². The van der Waals surface area contributed by atoms with E-state index in [1.54, 1.807) is 24.5 Å². The number of hydrogen-bond acceptors (Lipinski definition) is 6. The molecule has 2 aromatic heterocycles. The summed E-state index contributed by atoms with van der Waals surface area (Å²) < 4.78 is 4.87. The molecule has 0 aliphatic carbocycles. The van der Waals surface area contributed by atoms with Crippen LogP contribution in [0.25, 0.3) is 11.3 Å². The molecule has 1 amide bonds. The van der Waals surface area contributed by atoms with Crippen molar-refractivity contribution in [2.24, 2.45) is 0 Å². The first-order valence-corrected chi connectivity index (χ1v) is 5.07. The van der Waals surface area contributed by atoms with Crippen molar-refractivity contribution in [2.75, 3.05) is 6.54 Å². The normalized spacial score (nSPS) is 9.05. The van der Waals surface area contributed by atoms with Gasteiger partial charge in [-0.3, -0.25) is 14.6 Å². The number of carbonyl (C=O) groups excluding carboxylic acids is 1. The lowest BCUT2D eigenvalue weighted by molar-refractivity contribution is -0.136. The summed E-state index contributed by atoms with van der Waals surface area (Å²) in [6.45, 7) is -0.302. The van der Waals surface area contributed by atoms with Crippen molar-refractivity contribution in [3.63, 3.8) is 0 Å². The minimum Gasteiger partial charge on any atom is -0.506 e. The van der Waals surface area contributed by atoms with Crippen molar-refractivity contribution in [2.45, 2.75) is 0 Å². The number of rotatable bonds is 4. The summed E-state index contributed by atoms with van der Waals surface area (Å²) in [5, 5.41) is 22.4. The molecule has 0 unspecified atom stereocenters. The number of carboxylic acid groups (broad SMARTS) is 1. The van der Waals surface area contributed by atoms with Gasteiger partial charge in [0.1, 0.15) is 12.3 Å². The molecule has 0 atom stereocenters. The fraction of sp³-hybridized carbons (Fsp3) is 0.0909. The van der Waals surface area contributed by atoms with Gasteiger partial charge in [0.2, 0.25) is 6.41 Å². The van der Waals surface area contributed by atoms with Crippen molar-refractivity contribution in [3.05, 3.63) is 30.7 Å². The average Bonchev–Trinajstić information content (AvgIpc) is 2.91. The molecule has 19 heavy (non-hydrogen) atoms. The van der Waals surface area contributed by atoms with Gasteiger partial charge in [-0.25, -0.2) is 0 Å². The molecule has 0 fully saturated rings. The summed E-state index contributed by atoms with van der Waals surface area (Å²) in [6, 6.07) is 3.27. The largest absolute Gasteiger partial charge is 0.506 e. The highest BCUT2D eigenvalue weighted by Crippen LogP contribution is 2.20. The Hall–Kier alpha value is -2.90. The Labute approximate surface area is 107 Å². The first kappa shape index (κ1) is 14.2. The highest BCUT2D eigenvalue weighted by molar-refractivity contribution is 5.71. The monoisotopic (exact) mass is 265 g/mol. The van der Waals surface area contributed by atoms with Crippen LogP contribution in [0.5, 0.6) is 5.75 Å². The average molecular weight is 265 g/mol.